The van der Waals surface area contributed by atoms with E-state index in [1.807, 2.05) is 0 Å². The summed E-state index contributed by atoms with van der Waals surface area (Å²) < 4.78 is 26.4. The van der Waals surface area contributed by atoms with Gasteiger partial charge in [0, 0.05) is 30.6 Å². The standard InChI is InChI=1S/C11H15N3O4S2/c12-9-2-3-11(10(8-9)14(15)16)20(17,18)13-4-1-6-19-7-5-13/h2-3,8H,1,4-7,12H2. The molecule has 1 saturated heterocycles. The fourth-order valence-electron chi connectivity index (χ4n) is 2.00. The summed E-state index contributed by atoms with van der Waals surface area (Å²) in [6.45, 7) is 0.755. The minimum atomic E-state index is -3.86. The van der Waals surface area contributed by atoms with Crippen LogP contribution in [-0.2, 0) is 10.0 Å². The molecule has 0 aliphatic carbocycles. The Morgan fingerprint density at radius 3 is 2.75 bits per heavy atom. The van der Waals surface area contributed by atoms with Gasteiger partial charge in [-0.3, -0.25) is 10.1 Å². The molecular formula is C11H15N3O4S2. The molecule has 110 valence electrons. The number of hydrogen-bond donors (Lipinski definition) is 1. The van der Waals surface area contributed by atoms with Crippen molar-refractivity contribution in [2.24, 2.45) is 0 Å². The number of anilines is 1. The summed E-state index contributed by atoms with van der Waals surface area (Å²) in [5, 5.41) is 11.0. The summed E-state index contributed by atoms with van der Waals surface area (Å²) in [5.74, 6) is 1.60. The molecule has 1 heterocycles. The maximum Gasteiger partial charge on any atom is 0.291 e. The van der Waals surface area contributed by atoms with E-state index in [1.165, 1.54) is 16.4 Å². The minimum Gasteiger partial charge on any atom is -0.399 e. The zero-order chi connectivity index (χ0) is 14.8. The monoisotopic (exact) mass is 317 g/mol. The lowest BCUT2D eigenvalue weighted by atomic mass is 10.3. The van der Waals surface area contributed by atoms with Crippen LogP contribution in [0.1, 0.15) is 6.42 Å². The zero-order valence-electron chi connectivity index (χ0n) is 10.7. The van der Waals surface area contributed by atoms with Crippen molar-refractivity contribution in [2.45, 2.75) is 11.3 Å². The molecule has 0 spiro atoms. The van der Waals surface area contributed by atoms with E-state index < -0.39 is 20.6 Å². The number of nitro groups is 1. The first kappa shape index (κ1) is 15.1. The number of nitrogens with two attached hydrogens (primary N) is 1. The zero-order valence-corrected chi connectivity index (χ0v) is 12.3. The SMILES string of the molecule is Nc1ccc(S(=O)(=O)N2CCCSCC2)c([N+](=O)[O-])c1. The normalized spacial score (nSPS) is 17.6. The second-order valence-corrected chi connectivity index (χ2v) is 7.49. The van der Waals surface area contributed by atoms with Crippen molar-refractivity contribution in [2.75, 3.05) is 30.3 Å². The van der Waals surface area contributed by atoms with Crippen LogP contribution in [0.15, 0.2) is 23.1 Å². The Kier molecular flexibility index (Phi) is 4.51. The number of benzene rings is 1. The van der Waals surface area contributed by atoms with Gasteiger partial charge in [0.15, 0.2) is 4.90 Å². The van der Waals surface area contributed by atoms with Gasteiger partial charge < -0.3 is 5.73 Å². The summed E-state index contributed by atoms with van der Waals surface area (Å²) in [5.41, 5.74) is 5.19. The van der Waals surface area contributed by atoms with Crippen LogP contribution in [0.3, 0.4) is 0 Å². The van der Waals surface area contributed by atoms with Gasteiger partial charge >= 0.3 is 0 Å². The molecule has 0 amide bonds. The number of sulfonamides is 1. The third kappa shape index (κ3) is 3.05. The first-order valence-electron chi connectivity index (χ1n) is 6.05. The molecule has 1 aromatic carbocycles. The van der Waals surface area contributed by atoms with Crippen molar-refractivity contribution in [1.29, 1.82) is 0 Å². The van der Waals surface area contributed by atoms with Gasteiger partial charge in [-0.05, 0) is 24.3 Å². The topological polar surface area (TPSA) is 107 Å². The van der Waals surface area contributed by atoms with Crippen LogP contribution >= 0.6 is 11.8 Å². The molecule has 1 aliphatic heterocycles. The molecule has 1 aliphatic rings. The molecule has 1 aromatic rings. The molecule has 1 fully saturated rings. The van der Waals surface area contributed by atoms with Crippen LogP contribution in [0.4, 0.5) is 11.4 Å². The van der Waals surface area contributed by atoms with Crippen LogP contribution in [0.2, 0.25) is 0 Å². The largest absolute Gasteiger partial charge is 0.399 e. The average molecular weight is 317 g/mol. The quantitative estimate of drug-likeness (QED) is 0.511. The molecule has 0 atom stereocenters. The molecule has 0 bridgehead atoms. The molecule has 20 heavy (non-hydrogen) atoms. The van der Waals surface area contributed by atoms with Gasteiger partial charge in [0.2, 0.25) is 10.0 Å². The van der Waals surface area contributed by atoms with Crippen molar-refractivity contribution in [1.82, 2.24) is 4.31 Å². The van der Waals surface area contributed by atoms with Gasteiger partial charge in [0.25, 0.3) is 5.69 Å². The Morgan fingerprint density at radius 1 is 1.30 bits per heavy atom. The lowest BCUT2D eigenvalue weighted by Crippen LogP contribution is -2.33. The number of hydrogen-bond acceptors (Lipinski definition) is 6. The summed E-state index contributed by atoms with van der Waals surface area (Å²) >= 11 is 1.68. The predicted molar refractivity (Wildman–Crippen MR) is 78.2 cm³/mol. The summed E-state index contributed by atoms with van der Waals surface area (Å²) in [6, 6.07) is 3.66. The Bertz CT molecular complexity index is 610. The second kappa shape index (κ2) is 5.98. The highest BCUT2D eigenvalue weighted by Gasteiger charge is 2.32. The second-order valence-electron chi connectivity index (χ2n) is 4.35. The van der Waals surface area contributed by atoms with E-state index in [0.29, 0.717) is 18.8 Å². The molecule has 0 unspecified atom stereocenters. The third-order valence-corrected chi connectivity index (χ3v) is 5.97. The highest BCUT2D eigenvalue weighted by Crippen LogP contribution is 2.29. The van der Waals surface area contributed by atoms with Gasteiger partial charge in [-0.1, -0.05) is 0 Å². The maximum absolute atomic E-state index is 12.5. The molecule has 7 nitrogen and oxygen atoms in total. The Labute approximate surface area is 121 Å². The van der Waals surface area contributed by atoms with E-state index in [9.17, 15) is 18.5 Å². The first-order chi connectivity index (χ1) is 9.43. The summed E-state index contributed by atoms with van der Waals surface area (Å²) in [4.78, 5) is 10.0. The van der Waals surface area contributed by atoms with E-state index in [2.05, 4.69) is 0 Å². The fourth-order valence-corrected chi connectivity index (χ4v) is 4.62. The average Bonchev–Trinajstić information content (AvgIpc) is 2.67. The van der Waals surface area contributed by atoms with E-state index >= 15 is 0 Å². The number of rotatable bonds is 3. The third-order valence-electron chi connectivity index (χ3n) is 2.98. The highest BCUT2D eigenvalue weighted by atomic mass is 32.2. The first-order valence-corrected chi connectivity index (χ1v) is 8.64. The molecular weight excluding hydrogens is 302 g/mol. The lowest BCUT2D eigenvalue weighted by Gasteiger charge is -2.19. The van der Waals surface area contributed by atoms with Crippen molar-refractivity contribution in [3.05, 3.63) is 28.3 Å². The lowest BCUT2D eigenvalue weighted by molar-refractivity contribution is -0.387. The van der Waals surface area contributed by atoms with Crippen molar-refractivity contribution < 1.29 is 13.3 Å². The van der Waals surface area contributed by atoms with Gasteiger partial charge in [-0.25, -0.2) is 8.42 Å². The van der Waals surface area contributed by atoms with Gasteiger partial charge in [-0.15, -0.1) is 0 Å². The van der Waals surface area contributed by atoms with Gasteiger partial charge in [0.05, 0.1) is 4.92 Å². The van der Waals surface area contributed by atoms with E-state index in [0.717, 1.165) is 18.2 Å². The maximum atomic E-state index is 12.5. The molecule has 0 aromatic heterocycles. The highest BCUT2D eigenvalue weighted by molar-refractivity contribution is 7.99. The smallest absolute Gasteiger partial charge is 0.291 e. The predicted octanol–water partition coefficient (Wildman–Crippen LogP) is 1.30. The Morgan fingerprint density at radius 2 is 2.05 bits per heavy atom. The summed E-state index contributed by atoms with van der Waals surface area (Å²) in [6.07, 6.45) is 0.743. The summed E-state index contributed by atoms with van der Waals surface area (Å²) in [7, 11) is -3.86. The van der Waals surface area contributed by atoms with Crippen molar-refractivity contribution in [3.8, 4) is 0 Å². The number of nitrogen functional groups attached to an aromatic ring is 1. The van der Waals surface area contributed by atoms with Crippen LogP contribution < -0.4 is 5.73 Å². The fraction of sp³-hybridized carbons (Fsp3) is 0.455. The minimum absolute atomic E-state index is 0.169. The van der Waals surface area contributed by atoms with Gasteiger partial charge in [-0.2, -0.15) is 16.1 Å². The number of nitrogens with zero attached hydrogens (tertiary/aromatic N) is 2. The molecule has 0 radical (unpaired) electrons. The Hall–Kier alpha value is -1.32. The van der Waals surface area contributed by atoms with Crippen molar-refractivity contribution >= 4 is 33.2 Å². The van der Waals surface area contributed by atoms with Crippen LogP contribution in [0.5, 0.6) is 0 Å². The molecule has 2 N–H and O–H groups in total. The molecule has 2 rings (SSSR count). The number of thioether (sulfide) groups is 1. The van der Waals surface area contributed by atoms with Crippen LogP contribution in [-0.4, -0.2) is 42.2 Å². The van der Waals surface area contributed by atoms with Crippen LogP contribution in [0, 0.1) is 10.1 Å². The van der Waals surface area contributed by atoms with Crippen molar-refractivity contribution in [3.63, 3.8) is 0 Å². The van der Waals surface area contributed by atoms with E-state index in [4.69, 9.17) is 5.73 Å². The van der Waals surface area contributed by atoms with E-state index in [-0.39, 0.29) is 10.6 Å². The van der Waals surface area contributed by atoms with Crippen LogP contribution in [0.25, 0.3) is 0 Å². The number of nitro benzene ring substituents is 1. The van der Waals surface area contributed by atoms with Gasteiger partial charge in [0.1, 0.15) is 0 Å². The molecule has 0 saturated carbocycles. The molecule has 9 heteroatoms. The Balaban J connectivity index is 2.45. The van der Waals surface area contributed by atoms with E-state index in [1.54, 1.807) is 11.8 Å².